The van der Waals surface area contributed by atoms with Crippen LogP contribution in [0, 0.1) is 5.82 Å². The molecule has 1 aromatic carbocycles. The molecule has 18 heavy (non-hydrogen) atoms. The van der Waals surface area contributed by atoms with Crippen LogP contribution in [0.25, 0.3) is 0 Å². The van der Waals surface area contributed by atoms with Gasteiger partial charge in [0, 0.05) is 14.1 Å². The molecule has 0 heterocycles. The molecule has 2 N–H and O–H groups in total. The molecule has 0 aromatic heterocycles. The Morgan fingerprint density at radius 1 is 1.39 bits per heavy atom. The van der Waals surface area contributed by atoms with Crippen molar-refractivity contribution in [3.05, 3.63) is 30.1 Å². The van der Waals surface area contributed by atoms with E-state index in [0.29, 0.717) is 18.3 Å². The number of hydrogen-bond donors (Lipinski definition) is 2. The van der Waals surface area contributed by atoms with Crippen molar-refractivity contribution in [3.63, 3.8) is 0 Å². The van der Waals surface area contributed by atoms with Crippen LogP contribution < -0.4 is 15.4 Å². The predicted molar refractivity (Wildman–Crippen MR) is 82.3 cm³/mol. The second-order valence-electron chi connectivity index (χ2n) is 3.59. The van der Waals surface area contributed by atoms with E-state index in [1.165, 1.54) is 12.1 Å². The van der Waals surface area contributed by atoms with Crippen molar-refractivity contribution < 1.29 is 9.13 Å². The topological polar surface area (TPSA) is 45.7 Å². The third-order valence-corrected chi connectivity index (χ3v) is 2.17. The van der Waals surface area contributed by atoms with Crippen LogP contribution in [0.3, 0.4) is 0 Å². The number of nitrogens with one attached hydrogen (secondary N) is 2. The molecule has 0 saturated carbocycles. The van der Waals surface area contributed by atoms with Gasteiger partial charge >= 0.3 is 0 Å². The van der Waals surface area contributed by atoms with Crippen LogP contribution in [0.2, 0.25) is 0 Å². The number of ether oxygens (including phenoxy) is 1. The van der Waals surface area contributed by atoms with Gasteiger partial charge in [-0.25, -0.2) is 4.39 Å². The summed E-state index contributed by atoms with van der Waals surface area (Å²) in [7, 11) is 3.49. The summed E-state index contributed by atoms with van der Waals surface area (Å²) in [6.07, 6.45) is -0.0365. The van der Waals surface area contributed by atoms with E-state index < -0.39 is 0 Å². The van der Waals surface area contributed by atoms with Crippen LogP contribution in [0.15, 0.2) is 29.3 Å². The molecule has 1 rings (SSSR count). The molecule has 102 valence electrons. The zero-order valence-corrected chi connectivity index (χ0v) is 13.1. The van der Waals surface area contributed by atoms with Crippen LogP contribution in [-0.4, -0.2) is 32.7 Å². The average Bonchev–Trinajstić information content (AvgIpc) is 2.33. The van der Waals surface area contributed by atoms with Gasteiger partial charge in [0.1, 0.15) is 17.7 Å². The molecule has 0 spiro atoms. The van der Waals surface area contributed by atoms with E-state index in [-0.39, 0.29) is 35.9 Å². The van der Waals surface area contributed by atoms with Gasteiger partial charge in [0.05, 0.1) is 6.54 Å². The molecule has 0 fully saturated rings. The number of rotatable bonds is 4. The van der Waals surface area contributed by atoms with Gasteiger partial charge in [-0.15, -0.1) is 24.0 Å². The maximum Gasteiger partial charge on any atom is 0.190 e. The number of hydrogen-bond acceptors (Lipinski definition) is 2. The summed E-state index contributed by atoms with van der Waals surface area (Å²) >= 11 is 0. The van der Waals surface area contributed by atoms with Gasteiger partial charge in [-0.2, -0.15) is 0 Å². The first-order chi connectivity index (χ1) is 8.15. The van der Waals surface area contributed by atoms with Crippen LogP contribution in [0.5, 0.6) is 5.75 Å². The first-order valence-corrected chi connectivity index (χ1v) is 5.46. The molecule has 6 heteroatoms. The molecular weight excluding hydrogens is 348 g/mol. The van der Waals surface area contributed by atoms with Crippen LogP contribution >= 0.6 is 24.0 Å². The van der Waals surface area contributed by atoms with Crippen molar-refractivity contribution in [1.82, 2.24) is 10.6 Å². The third kappa shape index (κ3) is 6.04. The summed E-state index contributed by atoms with van der Waals surface area (Å²) in [6.45, 7) is 2.55. The lowest BCUT2D eigenvalue weighted by atomic mass is 10.3. The smallest absolute Gasteiger partial charge is 0.190 e. The molecule has 1 atom stereocenters. The van der Waals surface area contributed by atoms with E-state index >= 15 is 0 Å². The Hall–Kier alpha value is -1.05. The zero-order chi connectivity index (χ0) is 12.7. The van der Waals surface area contributed by atoms with Crippen molar-refractivity contribution in [2.75, 3.05) is 20.6 Å². The highest BCUT2D eigenvalue weighted by atomic mass is 127. The fourth-order valence-corrected chi connectivity index (χ4v) is 1.31. The molecule has 4 nitrogen and oxygen atoms in total. The second-order valence-corrected chi connectivity index (χ2v) is 3.59. The normalized spacial score (nSPS) is 12.3. The highest BCUT2D eigenvalue weighted by Gasteiger charge is 2.04. The predicted octanol–water partition coefficient (Wildman–Crippen LogP) is 2.01. The fraction of sp³-hybridized carbons (Fsp3) is 0.417. The number of nitrogens with zero attached hydrogens (tertiary/aromatic N) is 1. The minimum absolute atomic E-state index is 0. The molecule has 1 aromatic rings. The average molecular weight is 367 g/mol. The molecule has 0 amide bonds. The fourth-order valence-electron chi connectivity index (χ4n) is 1.31. The number of halogens is 2. The summed E-state index contributed by atoms with van der Waals surface area (Å²) in [6, 6.07) is 5.97. The van der Waals surface area contributed by atoms with E-state index in [1.54, 1.807) is 26.2 Å². The Morgan fingerprint density at radius 2 is 2.00 bits per heavy atom. The van der Waals surface area contributed by atoms with E-state index in [4.69, 9.17) is 4.74 Å². The van der Waals surface area contributed by atoms with Crippen LogP contribution in [0.4, 0.5) is 4.39 Å². The highest BCUT2D eigenvalue weighted by Crippen LogP contribution is 2.12. The first-order valence-electron chi connectivity index (χ1n) is 5.46. The standard InChI is InChI=1S/C12H18FN3O.HI/c1-9(8-16-12(14-2)15-3)17-11-6-4-10(13)5-7-11;/h4-7,9H,8H2,1-3H3,(H2,14,15,16);1H. The molecule has 0 bridgehead atoms. The van der Waals surface area contributed by atoms with Crippen LogP contribution in [0.1, 0.15) is 6.92 Å². The lowest BCUT2D eigenvalue weighted by molar-refractivity contribution is 0.223. The van der Waals surface area contributed by atoms with Crippen molar-refractivity contribution in [3.8, 4) is 5.75 Å². The van der Waals surface area contributed by atoms with Crippen molar-refractivity contribution in [2.45, 2.75) is 13.0 Å². The lowest BCUT2D eigenvalue weighted by Crippen LogP contribution is -2.40. The molecule has 0 aliphatic rings. The van der Waals surface area contributed by atoms with Gasteiger partial charge in [-0.05, 0) is 31.2 Å². The van der Waals surface area contributed by atoms with Gasteiger partial charge in [0.15, 0.2) is 5.96 Å². The van der Waals surface area contributed by atoms with Gasteiger partial charge in [-0.3, -0.25) is 4.99 Å². The summed E-state index contributed by atoms with van der Waals surface area (Å²) in [4.78, 5) is 3.99. The second kappa shape index (κ2) is 8.96. The molecular formula is C12H19FIN3O. The SMILES string of the molecule is CN=C(NC)NCC(C)Oc1ccc(F)cc1.I. The van der Waals surface area contributed by atoms with Crippen LogP contribution in [-0.2, 0) is 0 Å². The largest absolute Gasteiger partial charge is 0.489 e. The van der Waals surface area contributed by atoms with Gasteiger partial charge in [0.2, 0.25) is 0 Å². The number of guanidine groups is 1. The summed E-state index contributed by atoms with van der Waals surface area (Å²) in [5, 5.41) is 6.00. The molecule has 1 unspecified atom stereocenters. The minimum Gasteiger partial charge on any atom is -0.489 e. The molecule has 0 aliphatic carbocycles. The molecule has 0 saturated heterocycles. The van der Waals surface area contributed by atoms with E-state index in [2.05, 4.69) is 15.6 Å². The van der Waals surface area contributed by atoms with Gasteiger partial charge in [0.25, 0.3) is 0 Å². The van der Waals surface area contributed by atoms with Crippen molar-refractivity contribution in [2.24, 2.45) is 4.99 Å². The first kappa shape index (κ1) is 16.9. The Balaban J connectivity index is 0.00000289. The quantitative estimate of drug-likeness (QED) is 0.486. The monoisotopic (exact) mass is 367 g/mol. The Bertz CT molecular complexity index is 370. The van der Waals surface area contributed by atoms with Gasteiger partial charge in [-0.1, -0.05) is 0 Å². The van der Waals surface area contributed by atoms with Gasteiger partial charge < -0.3 is 15.4 Å². The maximum absolute atomic E-state index is 12.7. The van der Waals surface area contributed by atoms with E-state index in [1.807, 2.05) is 6.92 Å². The third-order valence-electron chi connectivity index (χ3n) is 2.17. The maximum atomic E-state index is 12.7. The van der Waals surface area contributed by atoms with Crippen molar-refractivity contribution >= 4 is 29.9 Å². The summed E-state index contributed by atoms with van der Waals surface area (Å²) in [5.41, 5.74) is 0. The van der Waals surface area contributed by atoms with E-state index in [9.17, 15) is 4.39 Å². The molecule has 0 radical (unpaired) electrons. The lowest BCUT2D eigenvalue weighted by Gasteiger charge is -2.16. The number of benzene rings is 1. The minimum atomic E-state index is -0.265. The Labute approximate surface area is 124 Å². The summed E-state index contributed by atoms with van der Waals surface area (Å²) < 4.78 is 18.3. The number of aliphatic imine (C=N–C) groups is 1. The molecule has 0 aliphatic heterocycles. The van der Waals surface area contributed by atoms with Crippen molar-refractivity contribution in [1.29, 1.82) is 0 Å². The van der Waals surface area contributed by atoms with E-state index in [0.717, 1.165) is 0 Å². The Kier molecular flexibility index (Phi) is 8.43. The highest BCUT2D eigenvalue weighted by molar-refractivity contribution is 14.0. The summed E-state index contributed by atoms with van der Waals surface area (Å²) in [5.74, 6) is 1.10. The zero-order valence-electron chi connectivity index (χ0n) is 10.7. The Morgan fingerprint density at radius 3 is 2.50 bits per heavy atom.